The molecule has 2 amide bonds. The van der Waals surface area contributed by atoms with Gasteiger partial charge in [0.15, 0.2) is 0 Å². The van der Waals surface area contributed by atoms with E-state index in [9.17, 15) is 9.59 Å². The zero-order valence-electron chi connectivity index (χ0n) is 23.9. The van der Waals surface area contributed by atoms with E-state index in [0.717, 1.165) is 33.3 Å². The fourth-order valence-electron chi connectivity index (χ4n) is 4.64. The average Bonchev–Trinajstić information content (AvgIpc) is 3.41. The summed E-state index contributed by atoms with van der Waals surface area (Å²) in [5.41, 5.74) is 4.19. The molecule has 0 fully saturated rings. The second-order valence-corrected chi connectivity index (χ2v) is 9.79. The van der Waals surface area contributed by atoms with Crippen molar-refractivity contribution in [2.45, 2.75) is 26.5 Å². The molecular formula is C33H39N3O5. The zero-order valence-corrected chi connectivity index (χ0v) is 23.9. The molecule has 1 aromatic heterocycles. The number of fused-ring (bicyclic) bond motifs is 1. The minimum Gasteiger partial charge on any atom is -0.494 e. The number of nitrogens with one attached hydrogen (secondary N) is 1. The van der Waals surface area contributed by atoms with Gasteiger partial charge in [-0.2, -0.15) is 0 Å². The predicted octanol–water partition coefficient (Wildman–Crippen LogP) is 4.83. The first kappa shape index (κ1) is 29.8. The molecule has 41 heavy (non-hydrogen) atoms. The average molecular weight is 558 g/mol. The third-order valence-corrected chi connectivity index (χ3v) is 6.87. The Balaban J connectivity index is 1.45. The number of methoxy groups -OCH3 is 1. The highest BCUT2D eigenvalue weighted by atomic mass is 16.5. The number of aromatic nitrogens is 1. The molecule has 0 aliphatic rings. The Hall–Kier alpha value is -4.14. The van der Waals surface area contributed by atoms with E-state index in [1.165, 1.54) is 4.90 Å². The van der Waals surface area contributed by atoms with Gasteiger partial charge in [-0.15, -0.1) is 0 Å². The first-order valence-electron chi connectivity index (χ1n) is 14.0. The summed E-state index contributed by atoms with van der Waals surface area (Å²) in [4.78, 5) is 33.5. The molecule has 3 aromatic carbocycles. The van der Waals surface area contributed by atoms with Crippen molar-refractivity contribution in [3.8, 4) is 5.75 Å². The van der Waals surface area contributed by atoms with E-state index >= 15 is 0 Å². The lowest BCUT2D eigenvalue weighted by molar-refractivity contribution is -0.144. The SMILES string of the molecule is CCOc1ccc(CN(CCc2c[nH]c3ccccc23)C(=O)CN(CCOC)C(=O)COCc2ccccc2)cc1. The van der Waals surface area contributed by atoms with Crippen LogP contribution < -0.4 is 4.74 Å². The lowest BCUT2D eigenvalue weighted by atomic mass is 10.1. The van der Waals surface area contributed by atoms with E-state index in [0.29, 0.717) is 45.9 Å². The number of carbonyl (C=O) groups excluding carboxylic acids is 2. The fraction of sp³-hybridized carbons (Fsp3) is 0.333. The van der Waals surface area contributed by atoms with Crippen molar-refractivity contribution < 1.29 is 23.8 Å². The molecule has 0 saturated heterocycles. The second-order valence-electron chi connectivity index (χ2n) is 9.79. The van der Waals surface area contributed by atoms with E-state index in [4.69, 9.17) is 14.2 Å². The molecule has 0 aliphatic carbocycles. The van der Waals surface area contributed by atoms with Gasteiger partial charge in [-0.1, -0.05) is 60.7 Å². The van der Waals surface area contributed by atoms with Crippen molar-refractivity contribution in [3.63, 3.8) is 0 Å². The molecular weight excluding hydrogens is 518 g/mol. The van der Waals surface area contributed by atoms with Crippen LogP contribution in [0.4, 0.5) is 0 Å². The molecule has 0 bridgehead atoms. The number of hydrogen-bond donors (Lipinski definition) is 1. The van der Waals surface area contributed by atoms with E-state index in [1.807, 2.05) is 90.8 Å². The third-order valence-electron chi connectivity index (χ3n) is 6.87. The van der Waals surface area contributed by atoms with Gasteiger partial charge in [0.05, 0.1) is 26.4 Å². The number of para-hydroxylation sites is 1. The van der Waals surface area contributed by atoms with Gasteiger partial charge in [-0.05, 0) is 48.2 Å². The highest BCUT2D eigenvalue weighted by Gasteiger charge is 2.22. The molecule has 0 spiro atoms. The van der Waals surface area contributed by atoms with Crippen LogP contribution in [0.3, 0.4) is 0 Å². The number of amides is 2. The van der Waals surface area contributed by atoms with Gasteiger partial charge in [-0.3, -0.25) is 9.59 Å². The van der Waals surface area contributed by atoms with Gasteiger partial charge >= 0.3 is 0 Å². The Bertz CT molecular complexity index is 1370. The summed E-state index contributed by atoms with van der Waals surface area (Å²) in [6.45, 7) is 4.25. The van der Waals surface area contributed by atoms with Crippen LogP contribution in [0.25, 0.3) is 10.9 Å². The zero-order chi connectivity index (χ0) is 28.9. The van der Waals surface area contributed by atoms with Crippen molar-refractivity contribution >= 4 is 22.7 Å². The minimum atomic E-state index is -0.246. The van der Waals surface area contributed by atoms with E-state index in [1.54, 1.807) is 7.11 Å². The molecule has 0 radical (unpaired) electrons. The van der Waals surface area contributed by atoms with Crippen LogP contribution in [-0.4, -0.2) is 73.2 Å². The summed E-state index contributed by atoms with van der Waals surface area (Å²) >= 11 is 0. The van der Waals surface area contributed by atoms with Gasteiger partial charge in [0.2, 0.25) is 11.8 Å². The van der Waals surface area contributed by atoms with Gasteiger partial charge in [0, 0.05) is 43.8 Å². The van der Waals surface area contributed by atoms with E-state index < -0.39 is 0 Å². The van der Waals surface area contributed by atoms with Crippen LogP contribution >= 0.6 is 0 Å². The van der Waals surface area contributed by atoms with Crippen LogP contribution in [0.1, 0.15) is 23.6 Å². The maximum Gasteiger partial charge on any atom is 0.249 e. The smallest absolute Gasteiger partial charge is 0.249 e. The fourth-order valence-corrected chi connectivity index (χ4v) is 4.64. The van der Waals surface area contributed by atoms with E-state index in [2.05, 4.69) is 11.1 Å². The Morgan fingerprint density at radius 3 is 2.34 bits per heavy atom. The molecule has 216 valence electrons. The minimum absolute atomic E-state index is 0.0538. The summed E-state index contributed by atoms with van der Waals surface area (Å²) in [6, 6.07) is 25.6. The van der Waals surface area contributed by atoms with Gasteiger partial charge in [0.1, 0.15) is 12.4 Å². The molecule has 0 aliphatic heterocycles. The third kappa shape index (κ3) is 8.93. The number of rotatable bonds is 16. The van der Waals surface area contributed by atoms with Crippen molar-refractivity contribution in [1.82, 2.24) is 14.8 Å². The number of carbonyl (C=O) groups is 2. The standard InChI is InChI=1S/C33H39N3O5/c1-3-41-29-15-13-26(14-16-29)22-35(18-17-28-21-34-31-12-8-7-11-30(28)31)32(37)23-36(19-20-39-2)33(38)25-40-24-27-9-5-4-6-10-27/h4-16,21,34H,3,17-20,22-25H2,1-2H3. The molecule has 4 rings (SSSR count). The number of benzene rings is 3. The van der Waals surface area contributed by atoms with Crippen molar-refractivity contribution in [2.24, 2.45) is 0 Å². The summed E-state index contributed by atoms with van der Waals surface area (Å²) in [5.74, 6) is 0.412. The summed E-state index contributed by atoms with van der Waals surface area (Å²) in [5, 5.41) is 1.15. The van der Waals surface area contributed by atoms with Crippen LogP contribution in [0.2, 0.25) is 0 Å². The largest absolute Gasteiger partial charge is 0.494 e. The maximum atomic E-state index is 13.7. The van der Waals surface area contributed by atoms with Crippen LogP contribution in [0.5, 0.6) is 5.75 Å². The highest BCUT2D eigenvalue weighted by molar-refractivity contribution is 5.86. The number of aromatic amines is 1. The lowest BCUT2D eigenvalue weighted by Crippen LogP contribution is -2.45. The number of hydrogen-bond acceptors (Lipinski definition) is 5. The Morgan fingerprint density at radius 1 is 0.829 bits per heavy atom. The molecule has 4 aromatic rings. The van der Waals surface area contributed by atoms with Gasteiger partial charge in [0.25, 0.3) is 0 Å². The molecule has 0 atom stereocenters. The highest BCUT2D eigenvalue weighted by Crippen LogP contribution is 2.20. The van der Waals surface area contributed by atoms with Gasteiger partial charge < -0.3 is 29.0 Å². The molecule has 1 N–H and O–H groups in total. The first-order chi connectivity index (χ1) is 20.1. The summed E-state index contributed by atoms with van der Waals surface area (Å²) in [7, 11) is 1.58. The summed E-state index contributed by atoms with van der Waals surface area (Å²) in [6.07, 6.45) is 2.68. The van der Waals surface area contributed by atoms with Gasteiger partial charge in [-0.25, -0.2) is 0 Å². The maximum absolute atomic E-state index is 13.7. The number of ether oxygens (including phenoxy) is 3. The lowest BCUT2D eigenvalue weighted by Gasteiger charge is -2.28. The number of nitrogens with zero attached hydrogens (tertiary/aromatic N) is 2. The van der Waals surface area contributed by atoms with Crippen LogP contribution in [-0.2, 0) is 38.6 Å². The first-order valence-corrected chi connectivity index (χ1v) is 14.0. The van der Waals surface area contributed by atoms with Crippen molar-refractivity contribution in [3.05, 3.63) is 102 Å². The predicted molar refractivity (Wildman–Crippen MR) is 160 cm³/mol. The van der Waals surface area contributed by atoms with Crippen LogP contribution in [0, 0.1) is 0 Å². The van der Waals surface area contributed by atoms with Crippen molar-refractivity contribution in [2.75, 3.05) is 46.6 Å². The second kappa shape index (κ2) is 15.6. The molecule has 8 nitrogen and oxygen atoms in total. The Kier molecular flexibility index (Phi) is 11.3. The topological polar surface area (TPSA) is 84.1 Å². The number of H-pyrrole nitrogens is 1. The normalized spacial score (nSPS) is 11.0. The quantitative estimate of drug-likeness (QED) is 0.213. The van der Waals surface area contributed by atoms with E-state index in [-0.39, 0.29) is 25.0 Å². The molecule has 8 heteroatoms. The van der Waals surface area contributed by atoms with Crippen molar-refractivity contribution in [1.29, 1.82) is 0 Å². The molecule has 0 saturated carbocycles. The Labute approximate surface area is 241 Å². The van der Waals surface area contributed by atoms with Crippen LogP contribution in [0.15, 0.2) is 85.1 Å². The Morgan fingerprint density at radius 2 is 1.59 bits per heavy atom. The monoisotopic (exact) mass is 557 g/mol. The molecule has 0 unspecified atom stereocenters. The molecule has 1 heterocycles. The summed E-state index contributed by atoms with van der Waals surface area (Å²) < 4.78 is 16.5.